The van der Waals surface area contributed by atoms with E-state index < -0.39 is 5.97 Å². The molecular weight excluding hydrogens is 260 g/mol. The van der Waals surface area contributed by atoms with E-state index in [2.05, 4.69) is 21.9 Å². The molecule has 1 atom stereocenters. The van der Waals surface area contributed by atoms with Crippen molar-refractivity contribution in [2.45, 2.75) is 19.5 Å². The van der Waals surface area contributed by atoms with Crippen LogP contribution in [0.1, 0.15) is 23.0 Å². The number of nitrogens with zero attached hydrogens (tertiary/aromatic N) is 1. The van der Waals surface area contributed by atoms with E-state index in [0.29, 0.717) is 12.6 Å². The summed E-state index contributed by atoms with van der Waals surface area (Å²) in [5, 5.41) is 3.40. The van der Waals surface area contributed by atoms with E-state index in [1.54, 1.807) is 6.07 Å². The summed E-state index contributed by atoms with van der Waals surface area (Å²) < 4.78 is 15.2. The highest BCUT2D eigenvalue weighted by Crippen LogP contribution is 2.12. The van der Waals surface area contributed by atoms with E-state index in [1.165, 1.54) is 13.4 Å². The Morgan fingerprint density at radius 1 is 1.50 bits per heavy atom. The van der Waals surface area contributed by atoms with E-state index in [9.17, 15) is 4.79 Å². The molecule has 0 spiro atoms. The third-order valence-electron chi connectivity index (χ3n) is 3.39. The maximum absolute atomic E-state index is 11.5. The summed E-state index contributed by atoms with van der Waals surface area (Å²) in [5.74, 6) is -0.161. The van der Waals surface area contributed by atoms with Crippen molar-refractivity contribution in [3.63, 3.8) is 0 Å². The van der Waals surface area contributed by atoms with E-state index in [-0.39, 0.29) is 5.76 Å². The van der Waals surface area contributed by atoms with E-state index in [0.717, 1.165) is 38.4 Å². The number of rotatable bonds is 6. The average molecular weight is 282 g/mol. The Bertz CT molecular complexity index is 427. The van der Waals surface area contributed by atoms with Crippen LogP contribution in [-0.4, -0.2) is 56.9 Å². The number of hydrogen-bond acceptors (Lipinski definition) is 6. The summed E-state index contributed by atoms with van der Waals surface area (Å²) in [6.07, 6.45) is 1.51. The minimum Gasteiger partial charge on any atom is -0.463 e. The number of carbonyl (C=O) groups excluding carboxylic acids is 1. The lowest BCUT2D eigenvalue weighted by Crippen LogP contribution is -2.44. The van der Waals surface area contributed by atoms with E-state index >= 15 is 0 Å². The third kappa shape index (κ3) is 4.06. The van der Waals surface area contributed by atoms with Crippen LogP contribution < -0.4 is 5.32 Å². The molecule has 2 heterocycles. The zero-order chi connectivity index (χ0) is 14.4. The molecule has 1 N–H and O–H groups in total. The molecular formula is C14H22N2O4. The first-order valence-electron chi connectivity index (χ1n) is 6.89. The summed E-state index contributed by atoms with van der Waals surface area (Å²) in [6, 6.07) is 2.12. The molecule has 1 aliphatic rings. The predicted molar refractivity (Wildman–Crippen MR) is 73.6 cm³/mol. The van der Waals surface area contributed by atoms with Crippen LogP contribution in [0.25, 0.3) is 0 Å². The molecule has 20 heavy (non-hydrogen) atoms. The standard InChI is InChI=1S/C14H22N2O4/c1-11(10-16-4-7-19-8-5-16)15-9-12-3-6-20-13(12)14(17)18-2/h3,6,11,15H,4-5,7-10H2,1-2H3. The van der Waals surface area contributed by atoms with Gasteiger partial charge in [0, 0.05) is 37.8 Å². The Morgan fingerprint density at radius 3 is 2.95 bits per heavy atom. The van der Waals surface area contributed by atoms with Crippen molar-refractivity contribution < 1.29 is 18.7 Å². The normalized spacial score (nSPS) is 17.9. The summed E-state index contributed by atoms with van der Waals surface area (Å²) in [6.45, 7) is 7.26. The van der Waals surface area contributed by atoms with Crippen LogP contribution in [-0.2, 0) is 16.0 Å². The SMILES string of the molecule is COC(=O)c1occc1CNC(C)CN1CCOCC1. The maximum atomic E-state index is 11.5. The quantitative estimate of drug-likeness (QED) is 0.781. The fourth-order valence-corrected chi connectivity index (χ4v) is 2.27. The van der Waals surface area contributed by atoms with Crippen molar-refractivity contribution in [1.82, 2.24) is 10.2 Å². The number of carbonyl (C=O) groups is 1. The molecule has 0 amide bonds. The number of esters is 1. The lowest BCUT2D eigenvalue weighted by molar-refractivity contribution is 0.0343. The molecule has 112 valence electrons. The number of hydrogen-bond donors (Lipinski definition) is 1. The molecule has 6 heteroatoms. The topological polar surface area (TPSA) is 63.9 Å². The predicted octanol–water partition coefficient (Wildman–Crippen LogP) is 0.876. The van der Waals surface area contributed by atoms with Crippen molar-refractivity contribution >= 4 is 5.97 Å². The second-order valence-electron chi connectivity index (χ2n) is 4.96. The van der Waals surface area contributed by atoms with Gasteiger partial charge in [0.25, 0.3) is 0 Å². The molecule has 1 fully saturated rings. The minimum absolute atomic E-state index is 0.276. The van der Waals surface area contributed by atoms with Crippen LogP contribution in [0.4, 0.5) is 0 Å². The number of ether oxygens (including phenoxy) is 2. The molecule has 1 unspecified atom stereocenters. The second kappa shape index (κ2) is 7.42. The molecule has 2 rings (SSSR count). The molecule has 1 aromatic heterocycles. The summed E-state index contributed by atoms with van der Waals surface area (Å²) in [5.41, 5.74) is 0.825. The molecule has 0 bridgehead atoms. The van der Waals surface area contributed by atoms with Gasteiger partial charge in [0.2, 0.25) is 5.76 Å². The van der Waals surface area contributed by atoms with Gasteiger partial charge in [-0.1, -0.05) is 0 Å². The fraction of sp³-hybridized carbons (Fsp3) is 0.643. The van der Waals surface area contributed by atoms with Crippen LogP contribution in [0.3, 0.4) is 0 Å². The van der Waals surface area contributed by atoms with E-state index in [4.69, 9.17) is 9.15 Å². The monoisotopic (exact) mass is 282 g/mol. The molecule has 0 aliphatic carbocycles. The zero-order valence-corrected chi connectivity index (χ0v) is 12.1. The van der Waals surface area contributed by atoms with Gasteiger partial charge in [-0.05, 0) is 13.0 Å². The van der Waals surface area contributed by atoms with Crippen LogP contribution in [0.15, 0.2) is 16.7 Å². The Morgan fingerprint density at radius 2 is 2.25 bits per heavy atom. The maximum Gasteiger partial charge on any atom is 0.374 e. The number of methoxy groups -OCH3 is 1. The van der Waals surface area contributed by atoms with Crippen molar-refractivity contribution in [3.05, 3.63) is 23.7 Å². The van der Waals surface area contributed by atoms with Gasteiger partial charge in [0.15, 0.2) is 0 Å². The van der Waals surface area contributed by atoms with E-state index in [1.807, 2.05) is 0 Å². The molecule has 1 aromatic rings. The van der Waals surface area contributed by atoms with Gasteiger partial charge in [-0.2, -0.15) is 0 Å². The fourth-order valence-electron chi connectivity index (χ4n) is 2.27. The third-order valence-corrected chi connectivity index (χ3v) is 3.39. The second-order valence-corrected chi connectivity index (χ2v) is 4.96. The largest absolute Gasteiger partial charge is 0.463 e. The first-order chi connectivity index (χ1) is 9.70. The highest BCUT2D eigenvalue weighted by Gasteiger charge is 2.17. The van der Waals surface area contributed by atoms with Crippen molar-refractivity contribution in [3.8, 4) is 0 Å². The van der Waals surface area contributed by atoms with Crippen molar-refractivity contribution in [2.75, 3.05) is 40.0 Å². The Kier molecular flexibility index (Phi) is 5.58. The van der Waals surface area contributed by atoms with Gasteiger partial charge in [0.05, 0.1) is 26.6 Å². The molecule has 0 aromatic carbocycles. The zero-order valence-electron chi connectivity index (χ0n) is 12.1. The Labute approximate surface area is 119 Å². The number of nitrogens with one attached hydrogen (secondary N) is 1. The molecule has 1 aliphatic heterocycles. The smallest absolute Gasteiger partial charge is 0.374 e. The number of morpholine rings is 1. The molecule has 1 saturated heterocycles. The van der Waals surface area contributed by atoms with Gasteiger partial charge >= 0.3 is 5.97 Å². The summed E-state index contributed by atoms with van der Waals surface area (Å²) in [7, 11) is 1.35. The first kappa shape index (κ1) is 15.0. The summed E-state index contributed by atoms with van der Waals surface area (Å²) in [4.78, 5) is 13.9. The Hall–Kier alpha value is -1.37. The van der Waals surface area contributed by atoms with Crippen LogP contribution in [0.5, 0.6) is 0 Å². The molecule has 0 saturated carbocycles. The van der Waals surface area contributed by atoms with Gasteiger partial charge < -0.3 is 19.2 Å². The first-order valence-corrected chi connectivity index (χ1v) is 6.89. The lowest BCUT2D eigenvalue weighted by atomic mass is 10.2. The van der Waals surface area contributed by atoms with Crippen LogP contribution >= 0.6 is 0 Å². The van der Waals surface area contributed by atoms with Gasteiger partial charge in [-0.25, -0.2) is 4.79 Å². The van der Waals surface area contributed by atoms with Crippen LogP contribution in [0, 0.1) is 0 Å². The highest BCUT2D eigenvalue weighted by molar-refractivity contribution is 5.87. The lowest BCUT2D eigenvalue weighted by Gasteiger charge is -2.29. The number of furan rings is 1. The average Bonchev–Trinajstić information content (AvgIpc) is 2.94. The minimum atomic E-state index is -0.437. The van der Waals surface area contributed by atoms with Crippen molar-refractivity contribution in [1.29, 1.82) is 0 Å². The highest BCUT2D eigenvalue weighted by atomic mass is 16.5. The van der Waals surface area contributed by atoms with Gasteiger partial charge in [0.1, 0.15) is 0 Å². The Balaban J connectivity index is 1.79. The van der Waals surface area contributed by atoms with Crippen molar-refractivity contribution in [2.24, 2.45) is 0 Å². The summed E-state index contributed by atoms with van der Waals surface area (Å²) >= 11 is 0. The van der Waals surface area contributed by atoms with Gasteiger partial charge in [-0.3, -0.25) is 4.90 Å². The molecule has 0 radical (unpaired) electrons. The van der Waals surface area contributed by atoms with Crippen LogP contribution in [0.2, 0.25) is 0 Å². The molecule has 6 nitrogen and oxygen atoms in total. The van der Waals surface area contributed by atoms with Gasteiger partial charge in [-0.15, -0.1) is 0 Å².